The molecule has 7 nitrogen and oxygen atoms in total. The van der Waals surface area contributed by atoms with Crippen LogP contribution >= 0.6 is 0 Å². The van der Waals surface area contributed by atoms with Gasteiger partial charge in [0.15, 0.2) is 23.3 Å². The van der Waals surface area contributed by atoms with Crippen LogP contribution in [0.2, 0.25) is 0 Å². The van der Waals surface area contributed by atoms with Gasteiger partial charge in [0.2, 0.25) is 5.82 Å². The fraction of sp³-hybridized carbons (Fsp3) is 0.294. The first-order chi connectivity index (χ1) is 13.6. The van der Waals surface area contributed by atoms with Crippen molar-refractivity contribution < 1.29 is 36.9 Å². The number of nitrogens with zero attached hydrogens (tertiary/aromatic N) is 1. The van der Waals surface area contributed by atoms with Gasteiger partial charge in [-0.3, -0.25) is 14.3 Å². The lowest BCUT2D eigenvalue weighted by atomic mass is 10.1. The summed E-state index contributed by atoms with van der Waals surface area (Å²) >= 11 is 0. The third kappa shape index (κ3) is 3.67. The largest absolute Gasteiger partial charge is 0.394 e. The number of nitrogens with one attached hydrogen (secondary N) is 1. The van der Waals surface area contributed by atoms with Crippen LogP contribution < -0.4 is 11.2 Å². The Bertz CT molecular complexity index is 1120. The Kier molecular flexibility index (Phi) is 5.56. The van der Waals surface area contributed by atoms with Gasteiger partial charge in [-0.1, -0.05) is 11.8 Å². The molecule has 1 aromatic heterocycles. The molecule has 0 amide bonds. The minimum absolute atomic E-state index is 0.123. The van der Waals surface area contributed by atoms with Crippen LogP contribution in [0, 0.1) is 40.9 Å². The lowest BCUT2D eigenvalue weighted by Crippen LogP contribution is -2.33. The summed E-state index contributed by atoms with van der Waals surface area (Å²) in [5.41, 5.74) is -4.04. The molecule has 3 atom stereocenters. The van der Waals surface area contributed by atoms with Crippen molar-refractivity contribution in [3.8, 4) is 11.8 Å². The van der Waals surface area contributed by atoms with E-state index in [0.717, 1.165) is 10.8 Å². The van der Waals surface area contributed by atoms with Crippen LogP contribution in [0.4, 0.5) is 22.0 Å². The van der Waals surface area contributed by atoms with E-state index in [2.05, 4.69) is 0 Å². The summed E-state index contributed by atoms with van der Waals surface area (Å²) in [6, 6.07) is 0. The predicted molar refractivity (Wildman–Crippen MR) is 85.2 cm³/mol. The quantitative estimate of drug-likeness (QED) is 0.281. The Balaban J connectivity index is 2.06. The number of hydrogen-bond acceptors (Lipinski definition) is 5. The molecule has 3 rings (SSSR count). The number of halogens is 5. The summed E-state index contributed by atoms with van der Waals surface area (Å²) in [4.78, 5) is 25.7. The fourth-order valence-electron chi connectivity index (χ4n) is 2.68. The number of H-pyrrole nitrogens is 1. The first-order valence-electron chi connectivity index (χ1n) is 7.99. The normalized spacial score (nSPS) is 21.1. The van der Waals surface area contributed by atoms with Crippen molar-refractivity contribution in [1.82, 2.24) is 9.55 Å². The summed E-state index contributed by atoms with van der Waals surface area (Å²) in [5, 5.41) is 18.8. The number of aromatic nitrogens is 2. The second-order valence-corrected chi connectivity index (χ2v) is 6.02. The van der Waals surface area contributed by atoms with E-state index in [1.807, 2.05) is 10.9 Å². The Hall–Kier alpha value is -3.01. The lowest BCUT2D eigenvalue weighted by molar-refractivity contribution is -0.0459. The summed E-state index contributed by atoms with van der Waals surface area (Å²) < 4.78 is 73.0. The van der Waals surface area contributed by atoms with Crippen molar-refractivity contribution in [2.24, 2.45) is 0 Å². The van der Waals surface area contributed by atoms with E-state index >= 15 is 0 Å². The number of ether oxygens (including phenoxy) is 1. The molecule has 1 aromatic carbocycles. The van der Waals surface area contributed by atoms with Crippen LogP contribution in [0.1, 0.15) is 23.8 Å². The SMILES string of the molecule is O=c1[nH]c(=O)n([C@@H]2C[C@H](O)[C@H](CO)O2)cc1C#Cc1c(F)c(F)c(F)c(F)c1F. The number of aliphatic hydroxyl groups is 2. The molecule has 0 saturated carbocycles. The van der Waals surface area contributed by atoms with Gasteiger partial charge in [-0.2, -0.15) is 0 Å². The highest BCUT2D eigenvalue weighted by Gasteiger charge is 2.35. The molecule has 1 aliphatic heterocycles. The Morgan fingerprint density at radius 3 is 2.21 bits per heavy atom. The molecular weight excluding hydrogens is 407 g/mol. The van der Waals surface area contributed by atoms with E-state index in [-0.39, 0.29) is 6.42 Å². The molecule has 1 saturated heterocycles. The number of benzene rings is 1. The number of hydrogen-bond donors (Lipinski definition) is 3. The third-order valence-electron chi connectivity index (χ3n) is 4.19. The van der Waals surface area contributed by atoms with E-state index in [4.69, 9.17) is 9.84 Å². The second kappa shape index (κ2) is 7.78. The molecule has 1 aliphatic rings. The average Bonchev–Trinajstić information content (AvgIpc) is 3.06. The molecule has 12 heteroatoms. The highest BCUT2D eigenvalue weighted by Crippen LogP contribution is 2.27. The molecule has 0 bridgehead atoms. The van der Waals surface area contributed by atoms with Crippen molar-refractivity contribution in [3.63, 3.8) is 0 Å². The number of aliphatic hydroxyl groups excluding tert-OH is 2. The first-order valence-corrected chi connectivity index (χ1v) is 7.99. The van der Waals surface area contributed by atoms with E-state index in [1.54, 1.807) is 5.92 Å². The summed E-state index contributed by atoms with van der Waals surface area (Å²) in [7, 11) is 0. The average molecular weight is 418 g/mol. The van der Waals surface area contributed by atoms with Crippen molar-refractivity contribution >= 4 is 0 Å². The maximum Gasteiger partial charge on any atom is 0.330 e. The van der Waals surface area contributed by atoms with Gasteiger partial charge in [0.25, 0.3) is 5.56 Å². The van der Waals surface area contributed by atoms with Gasteiger partial charge in [-0.25, -0.2) is 26.7 Å². The van der Waals surface area contributed by atoms with Crippen LogP contribution in [0.3, 0.4) is 0 Å². The molecule has 2 aromatic rings. The van der Waals surface area contributed by atoms with Crippen molar-refractivity contribution in [1.29, 1.82) is 0 Å². The molecule has 0 spiro atoms. The van der Waals surface area contributed by atoms with Crippen LogP contribution in [-0.4, -0.2) is 38.6 Å². The summed E-state index contributed by atoms with van der Waals surface area (Å²) in [6.07, 6.45) is -2.46. The number of rotatable bonds is 2. The van der Waals surface area contributed by atoms with Gasteiger partial charge >= 0.3 is 5.69 Å². The smallest absolute Gasteiger partial charge is 0.330 e. The molecule has 0 aliphatic carbocycles. The van der Waals surface area contributed by atoms with Crippen LogP contribution in [0.15, 0.2) is 15.8 Å². The minimum atomic E-state index is -2.35. The van der Waals surface area contributed by atoms with E-state index < -0.39 is 76.5 Å². The summed E-state index contributed by atoms with van der Waals surface area (Å²) in [5.74, 6) is -7.44. The molecule has 2 heterocycles. The number of aromatic amines is 1. The molecule has 154 valence electrons. The lowest BCUT2D eigenvalue weighted by Gasteiger charge is -2.14. The Morgan fingerprint density at radius 2 is 1.66 bits per heavy atom. The first kappa shape index (κ1) is 20.7. The fourth-order valence-corrected chi connectivity index (χ4v) is 2.68. The van der Waals surface area contributed by atoms with E-state index in [0.29, 0.717) is 0 Å². The third-order valence-corrected chi connectivity index (χ3v) is 4.19. The molecule has 29 heavy (non-hydrogen) atoms. The van der Waals surface area contributed by atoms with Crippen LogP contribution in [0.5, 0.6) is 0 Å². The Labute approximate surface area is 158 Å². The second-order valence-electron chi connectivity index (χ2n) is 6.02. The predicted octanol–water partition coefficient (Wildman–Crippen LogP) is 0.273. The van der Waals surface area contributed by atoms with Gasteiger partial charge in [-0.15, -0.1) is 0 Å². The highest BCUT2D eigenvalue weighted by molar-refractivity contribution is 5.43. The zero-order valence-corrected chi connectivity index (χ0v) is 14.2. The molecule has 1 fully saturated rings. The molecule has 3 N–H and O–H groups in total. The zero-order valence-electron chi connectivity index (χ0n) is 14.2. The van der Waals surface area contributed by atoms with Crippen LogP contribution in [-0.2, 0) is 4.74 Å². The monoisotopic (exact) mass is 418 g/mol. The summed E-state index contributed by atoms with van der Waals surface area (Å²) in [6.45, 7) is -0.539. The van der Waals surface area contributed by atoms with Crippen molar-refractivity contribution in [2.45, 2.75) is 24.9 Å². The van der Waals surface area contributed by atoms with Gasteiger partial charge in [0.1, 0.15) is 23.5 Å². The van der Waals surface area contributed by atoms with Crippen LogP contribution in [0.25, 0.3) is 0 Å². The molecule has 0 unspecified atom stereocenters. The molecule has 0 radical (unpaired) electrons. The maximum absolute atomic E-state index is 13.7. The van der Waals surface area contributed by atoms with Gasteiger partial charge in [0.05, 0.1) is 12.7 Å². The minimum Gasteiger partial charge on any atom is -0.394 e. The zero-order chi connectivity index (χ0) is 21.5. The van der Waals surface area contributed by atoms with E-state index in [1.165, 1.54) is 0 Å². The highest BCUT2D eigenvalue weighted by atomic mass is 19.2. The van der Waals surface area contributed by atoms with Crippen molar-refractivity contribution in [2.75, 3.05) is 6.61 Å². The Morgan fingerprint density at radius 1 is 1.07 bits per heavy atom. The van der Waals surface area contributed by atoms with Crippen molar-refractivity contribution in [3.05, 3.63) is 67.2 Å². The standard InChI is InChI=1S/C17H11F5N2O5/c18-11-7(12(19)14(21)15(22)13(11)20)2-1-6-4-24(17(28)23-16(6)27)10-3-8(26)9(5-25)29-10/h4,8-10,25-26H,3,5H2,(H,23,27,28)/t8-,9-,10-/m0/s1. The van der Waals surface area contributed by atoms with Gasteiger partial charge in [0, 0.05) is 12.6 Å². The van der Waals surface area contributed by atoms with Gasteiger partial charge in [-0.05, 0) is 0 Å². The van der Waals surface area contributed by atoms with Gasteiger partial charge < -0.3 is 14.9 Å². The van der Waals surface area contributed by atoms with E-state index in [9.17, 15) is 36.6 Å². The molecular formula is C17H11F5N2O5. The topological polar surface area (TPSA) is 105 Å². The maximum atomic E-state index is 13.7.